The van der Waals surface area contributed by atoms with Crippen LogP contribution in [0.5, 0.6) is 5.75 Å². The monoisotopic (exact) mass is 250 g/mol. The highest BCUT2D eigenvalue weighted by molar-refractivity contribution is 6.05. The molecule has 3 aromatic rings. The Labute approximate surface area is 113 Å². The average molecular weight is 250 g/mol. The van der Waals surface area contributed by atoms with E-state index in [0.29, 0.717) is 0 Å². The first kappa shape index (κ1) is 12.0. The van der Waals surface area contributed by atoms with E-state index >= 15 is 0 Å². The quantitative estimate of drug-likeness (QED) is 0.541. The van der Waals surface area contributed by atoms with E-state index in [2.05, 4.69) is 75.4 Å². The molecule has 0 aliphatic rings. The summed E-state index contributed by atoms with van der Waals surface area (Å²) >= 11 is 0. The second-order valence-corrected chi connectivity index (χ2v) is 5.86. The van der Waals surface area contributed by atoms with Crippen LogP contribution in [0.15, 0.2) is 54.6 Å². The predicted octanol–water partition coefficient (Wildman–Crippen LogP) is 5.17. The van der Waals surface area contributed by atoms with Gasteiger partial charge in [0.25, 0.3) is 0 Å². The third kappa shape index (κ3) is 2.28. The van der Waals surface area contributed by atoms with E-state index in [1.54, 1.807) is 0 Å². The van der Waals surface area contributed by atoms with Gasteiger partial charge in [0.2, 0.25) is 0 Å². The van der Waals surface area contributed by atoms with Gasteiger partial charge in [0.1, 0.15) is 11.4 Å². The van der Waals surface area contributed by atoms with E-state index < -0.39 is 0 Å². The van der Waals surface area contributed by atoms with Gasteiger partial charge in [0.15, 0.2) is 0 Å². The molecule has 3 rings (SSSR count). The number of hydrogen-bond acceptors (Lipinski definition) is 1. The van der Waals surface area contributed by atoms with Crippen LogP contribution in [-0.4, -0.2) is 5.60 Å². The largest absolute Gasteiger partial charge is 0.487 e. The van der Waals surface area contributed by atoms with Crippen LogP contribution in [0.1, 0.15) is 20.8 Å². The molecule has 0 aliphatic carbocycles. The minimum absolute atomic E-state index is 0.201. The van der Waals surface area contributed by atoms with Crippen molar-refractivity contribution in [1.82, 2.24) is 0 Å². The summed E-state index contributed by atoms with van der Waals surface area (Å²) in [6.45, 7) is 6.26. The maximum absolute atomic E-state index is 6.23. The van der Waals surface area contributed by atoms with Gasteiger partial charge in [-0.15, -0.1) is 0 Å². The minimum atomic E-state index is -0.201. The molecule has 0 aromatic heterocycles. The second kappa shape index (κ2) is 4.27. The summed E-state index contributed by atoms with van der Waals surface area (Å²) < 4.78 is 6.23. The van der Waals surface area contributed by atoms with Crippen molar-refractivity contribution in [2.45, 2.75) is 26.4 Å². The van der Waals surface area contributed by atoms with E-state index in [1.807, 2.05) is 0 Å². The maximum Gasteiger partial charge on any atom is 0.135 e. The molecule has 0 saturated heterocycles. The van der Waals surface area contributed by atoms with Crippen LogP contribution in [0.25, 0.3) is 21.5 Å². The number of fused-ring (bicyclic) bond motifs is 2. The van der Waals surface area contributed by atoms with E-state index in [4.69, 9.17) is 4.74 Å². The van der Waals surface area contributed by atoms with Crippen molar-refractivity contribution in [2.75, 3.05) is 0 Å². The van der Waals surface area contributed by atoms with Crippen LogP contribution >= 0.6 is 0 Å². The molecule has 0 amide bonds. The minimum Gasteiger partial charge on any atom is -0.487 e. The van der Waals surface area contributed by atoms with Gasteiger partial charge in [-0.25, -0.2) is 0 Å². The molecule has 19 heavy (non-hydrogen) atoms. The van der Waals surface area contributed by atoms with Crippen molar-refractivity contribution in [3.8, 4) is 5.75 Å². The summed E-state index contributed by atoms with van der Waals surface area (Å²) in [6, 6.07) is 19.0. The smallest absolute Gasteiger partial charge is 0.135 e. The second-order valence-electron chi connectivity index (χ2n) is 5.86. The fourth-order valence-electron chi connectivity index (χ4n) is 2.39. The van der Waals surface area contributed by atoms with Gasteiger partial charge in [-0.2, -0.15) is 0 Å². The van der Waals surface area contributed by atoms with Gasteiger partial charge in [-0.3, -0.25) is 0 Å². The zero-order valence-electron chi connectivity index (χ0n) is 11.6. The molecule has 0 N–H and O–H groups in total. The summed E-state index contributed by atoms with van der Waals surface area (Å²) in [7, 11) is 0. The molecule has 0 heterocycles. The lowest BCUT2D eigenvalue weighted by Crippen LogP contribution is -2.23. The van der Waals surface area contributed by atoms with Crippen molar-refractivity contribution in [1.29, 1.82) is 0 Å². The maximum atomic E-state index is 6.23. The molecule has 1 nitrogen and oxygen atoms in total. The molecule has 0 radical (unpaired) electrons. The van der Waals surface area contributed by atoms with E-state index in [0.717, 1.165) is 5.75 Å². The molecule has 0 atom stereocenters. The summed E-state index contributed by atoms with van der Waals surface area (Å²) in [5.41, 5.74) is -0.201. The molecule has 0 unspecified atom stereocenters. The summed E-state index contributed by atoms with van der Waals surface area (Å²) in [5, 5.41) is 4.80. The molecule has 0 spiro atoms. The normalized spacial score (nSPS) is 11.9. The highest BCUT2D eigenvalue weighted by Gasteiger charge is 2.16. The van der Waals surface area contributed by atoms with E-state index in [9.17, 15) is 0 Å². The molecule has 3 aromatic carbocycles. The Balaban J connectivity index is 2.39. The molecule has 0 aliphatic heterocycles. The average Bonchev–Trinajstić information content (AvgIpc) is 2.37. The Morgan fingerprint density at radius 2 is 1.21 bits per heavy atom. The van der Waals surface area contributed by atoms with Crippen LogP contribution in [0.2, 0.25) is 0 Å². The third-order valence-corrected chi connectivity index (χ3v) is 3.13. The summed E-state index contributed by atoms with van der Waals surface area (Å²) in [4.78, 5) is 0. The molecule has 0 saturated carbocycles. The van der Waals surface area contributed by atoms with Crippen molar-refractivity contribution >= 4 is 21.5 Å². The Bertz CT molecular complexity index is 681. The fraction of sp³-hybridized carbons (Fsp3) is 0.222. The first-order valence-corrected chi connectivity index (χ1v) is 6.64. The lowest BCUT2D eigenvalue weighted by atomic mass is 10.0. The Morgan fingerprint density at radius 1 is 0.737 bits per heavy atom. The van der Waals surface area contributed by atoms with Gasteiger partial charge >= 0.3 is 0 Å². The van der Waals surface area contributed by atoms with Crippen LogP contribution in [0.4, 0.5) is 0 Å². The molecular weight excluding hydrogens is 232 g/mol. The summed E-state index contributed by atoms with van der Waals surface area (Å²) in [5.74, 6) is 0.987. The van der Waals surface area contributed by atoms with Gasteiger partial charge in [-0.05, 0) is 37.6 Å². The van der Waals surface area contributed by atoms with Crippen molar-refractivity contribution < 1.29 is 4.74 Å². The van der Waals surface area contributed by atoms with Crippen LogP contribution < -0.4 is 4.74 Å². The van der Waals surface area contributed by atoms with Crippen LogP contribution in [-0.2, 0) is 0 Å². The molecule has 0 fully saturated rings. The lowest BCUT2D eigenvalue weighted by molar-refractivity contribution is 0.135. The van der Waals surface area contributed by atoms with E-state index in [-0.39, 0.29) is 5.60 Å². The third-order valence-electron chi connectivity index (χ3n) is 3.13. The molecule has 1 heteroatoms. The fourth-order valence-corrected chi connectivity index (χ4v) is 2.39. The number of benzene rings is 3. The predicted molar refractivity (Wildman–Crippen MR) is 81.8 cm³/mol. The summed E-state index contributed by atoms with van der Waals surface area (Å²) in [6.07, 6.45) is 0. The number of rotatable bonds is 1. The van der Waals surface area contributed by atoms with Gasteiger partial charge in [-0.1, -0.05) is 48.5 Å². The molecule has 0 bridgehead atoms. The zero-order valence-corrected chi connectivity index (χ0v) is 11.6. The van der Waals surface area contributed by atoms with Crippen molar-refractivity contribution in [3.63, 3.8) is 0 Å². The SMILES string of the molecule is CC(C)(C)Oc1c2ccccc2cc2ccccc12. The lowest BCUT2D eigenvalue weighted by Gasteiger charge is -2.24. The Morgan fingerprint density at radius 3 is 1.68 bits per heavy atom. The molecule has 96 valence electrons. The highest BCUT2D eigenvalue weighted by Crippen LogP contribution is 2.36. The zero-order chi connectivity index (χ0) is 13.5. The van der Waals surface area contributed by atoms with Crippen LogP contribution in [0.3, 0.4) is 0 Å². The van der Waals surface area contributed by atoms with Gasteiger partial charge < -0.3 is 4.74 Å². The van der Waals surface area contributed by atoms with Crippen LogP contribution in [0, 0.1) is 0 Å². The Hall–Kier alpha value is -2.02. The number of ether oxygens (including phenoxy) is 1. The first-order valence-electron chi connectivity index (χ1n) is 6.64. The highest BCUT2D eigenvalue weighted by atomic mass is 16.5. The molecular formula is C18H18O. The topological polar surface area (TPSA) is 9.23 Å². The van der Waals surface area contributed by atoms with Gasteiger partial charge in [0.05, 0.1) is 0 Å². The Kier molecular flexibility index (Phi) is 2.70. The standard InChI is InChI=1S/C18H18O/c1-18(2,3)19-17-15-10-6-4-8-13(15)12-14-9-5-7-11-16(14)17/h4-12H,1-3H3. The number of hydrogen-bond donors (Lipinski definition) is 0. The van der Waals surface area contributed by atoms with Crippen molar-refractivity contribution in [2.24, 2.45) is 0 Å². The first-order chi connectivity index (χ1) is 9.04. The van der Waals surface area contributed by atoms with Crippen molar-refractivity contribution in [3.05, 3.63) is 54.6 Å². The van der Waals surface area contributed by atoms with E-state index in [1.165, 1.54) is 21.5 Å². The van der Waals surface area contributed by atoms with Gasteiger partial charge in [0, 0.05) is 10.8 Å².